The van der Waals surface area contributed by atoms with Gasteiger partial charge in [-0.1, -0.05) is 36.4 Å². The first-order valence-corrected chi connectivity index (χ1v) is 8.27. The predicted octanol–water partition coefficient (Wildman–Crippen LogP) is 2.68. The van der Waals surface area contributed by atoms with Crippen molar-refractivity contribution in [1.29, 1.82) is 0 Å². The van der Waals surface area contributed by atoms with Gasteiger partial charge >= 0.3 is 0 Å². The van der Waals surface area contributed by atoms with Gasteiger partial charge < -0.3 is 0 Å². The number of hydrogen-bond acceptors (Lipinski definition) is 3. The van der Waals surface area contributed by atoms with Gasteiger partial charge in [0.25, 0.3) is 10.2 Å². The van der Waals surface area contributed by atoms with Crippen molar-refractivity contribution in [2.24, 2.45) is 0 Å². The zero-order valence-corrected chi connectivity index (χ0v) is 12.5. The summed E-state index contributed by atoms with van der Waals surface area (Å²) in [5.41, 5.74) is 2.22. The molecule has 22 heavy (non-hydrogen) atoms. The summed E-state index contributed by atoms with van der Waals surface area (Å²) in [4.78, 5) is 4.20. The van der Waals surface area contributed by atoms with Crippen LogP contribution in [-0.4, -0.2) is 13.4 Å². The van der Waals surface area contributed by atoms with Crippen molar-refractivity contribution in [3.8, 4) is 0 Å². The first-order valence-electron chi connectivity index (χ1n) is 6.78. The topological polar surface area (TPSA) is 71.1 Å². The molecular formula is C16H15N3O2S. The Morgan fingerprint density at radius 1 is 0.955 bits per heavy atom. The zero-order chi connectivity index (χ0) is 15.4. The number of hydrogen-bond donors (Lipinski definition) is 2. The van der Waals surface area contributed by atoms with E-state index < -0.39 is 10.2 Å². The Morgan fingerprint density at radius 2 is 1.77 bits per heavy atom. The first kappa shape index (κ1) is 14.5. The molecule has 0 aliphatic rings. The molecule has 5 nitrogen and oxygen atoms in total. The van der Waals surface area contributed by atoms with Gasteiger partial charge in [-0.2, -0.15) is 13.1 Å². The Balaban J connectivity index is 1.72. The molecule has 2 N–H and O–H groups in total. The number of rotatable bonds is 5. The fourth-order valence-corrected chi connectivity index (χ4v) is 2.97. The lowest BCUT2D eigenvalue weighted by Crippen LogP contribution is -2.29. The maximum Gasteiger partial charge on any atom is 0.299 e. The van der Waals surface area contributed by atoms with E-state index in [1.807, 2.05) is 42.5 Å². The minimum absolute atomic E-state index is 0.241. The Kier molecular flexibility index (Phi) is 4.04. The van der Waals surface area contributed by atoms with Crippen LogP contribution in [0.1, 0.15) is 5.56 Å². The number of benzene rings is 2. The Bertz CT molecular complexity index is 880. The third-order valence-electron chi connectivity index (χ3n) is 3.16. The van der Waals surface area contributed by atoms with E-state index >= 15 is 0 Å². The average Bonchev–Trinajstić information content (AvgIpc) is 2.54. The zero-order valence-electron chi connectivity index (χ0n) is 11.7. The van der Waals surface area contributed by atoms with Crippen molar-refractivity contribution in [3.63, 3.8) is 0 Å². The summed E-state index contributed by atoms with van der Waals surface area (Å²) < 4.78 is 29.2. The standard InChI is InChI=1S/C16H15N3O2S/c20-22(21,18-12-13-5-2-1-3-6-13)19-15-8-9-16-14(11-15)7-4-10-17-16/h1-11,18-19H,12H2. The smallest absolute Gasteiger partial charge is 0.271 e. The lowest BCUT2D eigenvalue weighted by molar-refractivity contribution is 0.587. The van der Waals surface area contributed by atoms with E-state index in [9.17, 15) is 8.42 Å². The summed E-state index contributed by atoms with van der Waals surface area (Å²) in [6.07, 6.45) is 1.70. The molecule has 1 aromatic heterocycles. The minimum Gasteiger partial charge on any atom is -0.271 e. The maximum atomic E-state index is 12.1. The monoisotopic (exact) mass is 313 g/mol. The first-order chi connectivity index (χ1) is 10.6. The lowest BCUT2D eigenvalue weighted by atomic mass is 10.2. The van der Waals surface area contributed by atoms with Crippen molar-refractivity contribution in [3.05, 3.63) is 72.4 Å². The summed E-state index contributed by atoms with van der Waals surface area (Å²) in [6, 6.07) is 18.3. The molecular weight excluding hydrogens is 298 g/mol. The van der Waals surface area contributed by atoms with Gasteiger partial charge in [-0.3, -0.25) is 9.71 Å². The maximum absolute atomic E-state index is 12.1. The van der Waals surface area contributed by atoms with E-state index in [0.29, 0.717) is 5.69 Å². The highest BCUT2D eigenvalue weighted by Crippen LogP contribution is 2.17. The number of pyridine rings is 1. The molecule has 112 valence electrons. The van der Waals surface area contributed by atoms with E-state index in [2.05, 4.69) is 14.4 Å². The fourth-order valence-electron chi connectivity index (χ4n) is 2.10. The predicted molar refractivity (Wildman–Crippen MR) is 87.6 cm³/mol. The molecule has 0 unspecified atom stereocenters. The molecule has 6 heteroatoms. The molecule has 0 spiro atoms. The number of nitrogens with one attached hydrogen (secondary N) is 2. The molecule has 0 atom stereocenters. The second-order valence-electron chi connectivity index (χ2n) is 4.82. The summed E-state index contributed by atoms with van der Waals surface area (Å²) in [5.74, 6) is 0. The van der Waals surface area contributed by atoms with E-state index in [1.54, 1.807) is 24.4 Å². The lowest BCUT2D eigenvalue weighted by Gasteiger charge is -2.10. The molecule has 0 aliphatic carbocycles. The number of nitrogens with zero attached hydrogens (tertiary/aromatic N) is 1. The van der Waals surface area contributed by atoms with Crippen LogP contribution < -0.4 is 9.44 Å². The molecule has 1 heterocycles. The van der Waals surface area contributed by atoms with E-state index in [-0.39, 0.29) is 6.54 Å². The summed E-state index contributed by atoms with van der Waals surface area (Å²) in [5, 5.41) is 0.880. The molecule has 0 radical (unpaired) electrons. The second-order valence-corrected chi connectivity index (χ2v) is 6.32. The Morgan fingerprint density at radius 3 is 2.59 bits per heavy atom. The quantitative estimate of drug-likeness (QED) is 0.761. The molecule has 0 aliphatic heterocycles. The minimum atomic E-state index is -3.62. The van der Waals surface area contributed by atoms with Crippen LogP contribution in [0.25, 0.3) is 10.9 Å². The third-order valence-corrected chi connectivity index (χ3v) is 4.19. The number of fused-ring (bicyclic) bond motifs is 1. The van der Waals surface area contributed by atoms with Crippen LogP contribution in [0.3, 0.4) is 0 Å². The van der Waals surface area contributed by atoms with E-state index in [1.165, 1.54) is 0 Å². The largest absolute Gasteiger partial charge is 0.299 e. The summed E-state index contributed by atoms with van der Waals surface area (Å²) >= 11 is 0. The van der Waals surface area contributed by atoms with Gasteiger partial charge in [0.15, 0.2) is 0 Å². The van der Waals surface area contributed by atoms with Gasteiger partial charge in [0, 0.05) is 18.1 Å². The molecule has 0 amide bonds. The van der Waals surface area contributed by atoms with Gasteiger partial charge in [-0.05, 0) is 29.8 Å². The van der Waals surface area contributed by atoms with Gasteiger partial charge in [-0.15, -0.1) is 0 Å². The van der Waals surface area contributed by atoms with Crippen LogP contribution in [-0.2, 0) is 16.8 Å². The van der Waals surface area contributed by atoms with Crippen molar-refractivity contribution in [2.75, 3.05) is 4.72 Å². The van der Waals surface area contributed by atoms with Crippen LogP contribution in [0.5, 0.6) is 0 Å². The molecule has 3 aromatic rings. The highest BCUT2D eigenvalue weighted by molar-refractivity contribution is 7.90. The van der Waals surface area contributed by atoms with Gasteiger partial charge in [0.2, 0.25) is 0 Å². The molecule has 0 bridgehead atoms. The average molecular weight is 313 g/mol. The van der Waals surface area contributed by atoms with Crippen LogP contribution in [0.4, 0.5) is 5.69 Å². The summed E-state index contributed by atoms with van der Waals surface area (Å²) in [6.45, 7) is 0.241. The highest BCUT2D eigenvalue weighted by atomic mass is 32.2. The van der Waals surface area contributed by atoms with Crippen molar-refractivity contribution < 1.29 is 8.42 Å². The van der Waals surface area contributed by atoms with Gasteiger partial charge in [0.05, 0.1) is 11.2 Å². The van der Waals surface area contributed by atoms with E-state index in [4.69, 9.17) is 0 Å². The molecule has 2 aromatic carbocycles. The summed E-state index contributed by atoms with van der Waals surface area (Å²) in [7, 11) is -3.62. The van der Waals surface area contributed by atoms with Crippen molar-refractivity contribution in [1.82, 2.24) is 9.71 Å². The molecule has 0 saturated carbocycles. The van der Waals surface area contributed by atoms with Gasteiger partial charge in [-0.25, -0.2) is 0 Å². The highest BCUT2D eigenvalue weighted by Gasteiger charge is 2.09. The van der Waals surface area contributed by atoms with Crippen LogP contribution in [0.2, 0.25) is 0 Å². The Labute approximate surface area is 129 Å². The van der Waals surface area contributed by atoms with Crippen LogP contribution in [0, 0.1) is 0 Å². The van der Waals surface area contributed by atoms with Crippen LogP contribution >= 0.6 is 0 Å². The second kappa shape index (κ2) is 6.13. The third kappa shape index (κ3) is 3.60. The molecule has 0 fully saturated rings. The number of anilines is 1. The molecule has 0 saturated heterocycles. The molecule has 3 rings (SSSR count). The van der Waals surface area contributed by atoms with Crippen molar-refractivity contribution >= 4 is 26.8 Å². The van der Waals surface area contributed by atoms with Crippen LogP contribution in [0.15, 0.2) is 66.9 Å². The number of aromatic nitrogens is 1. The SMILES string of the molecule is O=S(=O)(NCc1ccccc1)Nc1ccc2ncccc2c1. The van der Waals surface area contributed by atoms with Crippen molar-refractivity contribution in [2.45, 2.75) is 6.54 Å². The fraction of sp³-hybridized carbons (Fsp3) is 0.0625. The Hall–Kier alpha value is -2.44. The van der Waals surface area contributed by atoms with E-state index in [0.717, 1.165) is 16.5 Å². The van der Waals surface area contributed by atoms with Gasteiger partial charge in [0.1, 0.15) is 0 Å². The normalized spacial score (nSPS) is 11.5.